The van der Waals surface area contributed by atoms with Crippen molar-refractivity contribution in [2.24, 2.45) is 13.0 Å². The van der Waals surface area contributed by atoms with Crippen LogP contribution in [-0.2, 0) is 41.6 Å². The first-order chi connectivity index (χ1) is 24.0. The molecule has 5 aromatic rings. The van der Waals surface area contributed by atoms with Crippen molar-refractivity contribution < 1.29 is 30.4 Å². The third-order valence-corrected chi connectivity index (χ3v) is 12.0. The maximum Gasteiger partial charge on any atom is 0.418 e. The van der Waals surface area contributed by atoms with Crippen LogP contribution in [0.2, 0.25) is 0 Å². The Kier molecular flexibility index (Phi) is 8.52. The zero-order valence-corrected chi connectivity index (χ0v) is 29.1. The second kappa shape index (κ2) is 12.4. The number of hydrogen-bond acceptors (Lipinski definition) is 6. The molecule has 0 amide bonds. The predicted octanol–water partition coefficient (Wildman–Crippen LogP) is 6.63. The van der Waals surface area contributed by atoms with Crippen molar-refractivity contribution in [2.45, 2.75) is 74.9 Å². The molecule has 0 N–H and O–H groups in total. The summed E-state index contributed by atoms with van der Waals surface area (Å²) in [6.45, 7) is 5.07. The molecule has 7 rings (SSSR count). The molecule has 0 spiro atoms. The molecular formula is C36H37F5N6O3S. The lowest BCUT2D eigenvalue weighted by Gasteiger charge is -2.47. The van der Waals surface area contributed by atoms with Gasteiger partial charge in [-0.2, -0.15) is 13.2 Å². The third-order valence-electron chi connectivity index (χ3n) is 10.2. The maximum atomic E-state index is 14.9. The minimum absolute atomic E-state index is 0.00904. The van der Waals surface area contributed by atoms with Crippen molar-refractivity contribution in [2.75, 3.05) is 13.1 Å². The first kappa shape index (κ1) is 35.1. The molecule has 3 aromatic heterocycles. The van der Waals surface area contributed by atoms with Crippen molar-refractivity contribution in [3.05, 3.63) is 106 Å². The van der Waals surface area contributed by atoms with Crippen LogP contribution in [0.5, 0.6) is 0 Å². The first-order valence-corrected chi connectivity index (χ1v) is 18.1. The molecule has 1 aliphatic carbocycles. The minimum Gasteiger partial charge on any atom is -0.321 e. The smallest absolute Gasteiger partial charge is 0.321 e. The van der Waals surface area contributed by atoms with E-state index in [4.69, 9.17) is 0 Å². The fourth-order valence-electron chi connectivity index (χ4n) is 7.73. The second-order valence-electron chi connectivity index (χ2n) is 14.3. The molecule has 9 nitrogen and oxygen atoms in total. The molecule has 4 heterocycles. The van der Waals surface area contributed by atoms with Gasteiger partial charge in [0.2, 0.25) is 5.92 Å². The summed E-state index contributed by atoms with van der Waals surface area (Å²) >= 11 is 0. The molecule has 270 valence electrons. The molecule has 1 saturated heterocycles. The Bertz CT molecular complexity index is 2280. The minimum atomic E-state index is -4.98. The molecule has 51 heavy (non-hydrogen) atoms. The molecular weight excluding hydrogens is 691 g/mol. The van der Waals surface area contributed by atoms with Crippen LogP contribution in [0.3, 0.4) is 0 Å². The van der Waals surface area contributed by atoms with Gasteiger partial charge in [0.05, 0.1) is 10.5 Å². The number of nitrogens with zero attached hydrogens (tertiary/aromatic N) is 6. The highest BCUT2D eigenvalue weighted by atomic mass is 32.2. The number of likely N-dealkylation sites (tertiary alicyclic amines) is 1. The van der Waals surface area contributed by atoms with E-state index in [0.717, 1.165) is 33.0 Å². The lowest BCUT2D eigenvalue weighted by molar-refractivity contribution is -0.136. The summed E-state index contributed by atoms with van der Waals surface area (Å²) in [6.07, 6.45) is -2.03. The highest BCUT2D eigenvalue weighted by Gasteiger charge is 2.57. The molecule has 1 saturated carbocycles. The van der Waals surface area contributed by atoms with Crippen LogP contribution in [0.4, 0.5) is 22.0 Å². The molecule has 2 aromatic carbocycles. The number of piperidine rings is 1. The normalized spacial score (nSPS) is 19.3. The number of hydrogen-bond donors (Lipinski definition) is 0. The van der Waals surface area contributed by atoms with E-state index >= 15 is 0 Å². The third kappa shape index (κ3) is 6.39. The van der Waals surface area contributed by atoms with Gasteiger partial charge in [0.25, 0.3) is 15.6 Å². The van der Waals surface area contributed by atoms with Crippen LogP contribution < -0.4 is 5.56 Å². The quantitative estimate of drug-likeness (QED) is 0.167. The zero-order chi connectivity index (χ0) is 36.5. The standard InChI is InChI=1S/C36H37F5N6O3S/c1-23-9-11-28(12-10-23)51(49,50)47-27(18-45-13-5-6-24(2)17-45)15-29-30(36(39,40)41)19-46(33(48)32(29)47)26-8-4-7-25(14-26)34(20-35(37,38)21-34)16-31-43-42-22-44(31)3/h4,7-12,14-15,19,22,24H,5-6,13,16-18,20-21H2,1-3H3/t24-/m0/s1. The Morgan fingerprint density at radius 1 is 1.04 bits per heavy atom. The number of aryl methyl sites for hydroxylation is 2. The van der Waals surface area contributed by atoms with Gasteiger partial charge in [-0.3, -0.25) is 14.3 Å². The van der Waals surface area contributed by atoms with E-state index in [0.29, 0.717) is 36.6 Å². The van der Waals surface area contributed by atoms with Crippen molar-refractivity contribution in [3.63, 3.8) is 0 Å². The Hall–Kier alpha value is -4.37. The van der Waals surface area contributed by atoms with Crippen LogP contribution in [0.15, 0.2) is 76.8 Å². The number of pyridine rings is 1. The van der Waals surface area contributed by atoms with Gasteiger partial charge in [0.15, 0.2) is 0 Å². The van der Waals surface area contributed by atoms with Crippen LogP contribution in [0.25, 0.3) is 16.6 Å². The summed E-state index contributed by atoms with van der Waals surface area (Å²) in [4.78, 5) is 16.3. The van der Waals surface area contributed by atoms with Crippen LogP contribution in [-0.4, -0.2) is 55.6 Å². The van der Waals surface area contributed by atoms with Gasteiger partial charge in [0.1, 0.15) is 17.7 Å². The van der Waals surface area contributed by atoms with E-state index in [1.807, 2.05) is 4.90 Å². The van der Waals surface area contributed by atoms with Gasteiger partial charge in [-0.1, -0.05) is 36.8 Å². The van der Waals surface area contributed by atoms with E-state index < -0.39 is 62.4 Å². The molecule has 0 bridgehead atoms. The Labute approximate surface area is 291 Å². The molecule has 0 unspecified atom stereocenters. The van der Waals surface area contributed by atoms with Crippen molar-refractivity contribution in [1.29, 1.82) is 0 Å². The molecule has 1 aliphatic heterocycles. The maximum absolute atomic E-state index is 14.9. The summed E-state index contributed by atoms with van der Waals surface area (Å²) in [6, 6.07) is 13.0. The first-order valence-electron chi connectivity index (χ1n) is 16.7. The molecule has 2 aliphatic rings. The molecule has 2 fully saturated rings. The highest BCUT2D eigenvalue weighted by Crippen LogP contribution is 2.55. The second-order valence-corrected chi connectivity index (χ2v) is 16.0. The largest absolute Gasteiger partial charge is 0.418 e. The lowest BCUT2D eigenvalue weighted by Crippen LogP contribution is -2.51. The average Bonchev–Trinajstić information content (AvgIpc) is 3.63. The van der Waals surface area contributed by atoms with Crippen LogP contribution >= 0.6 is 0 Å². The number of benzene rings is 2. The summed E-state index contributed by atoms with van der Waals surface area (Å²) in [5.74, 6) is -2.22. The van der Waals surface area contributed by atoms with E-state index in [-0.39, 0.29) is 29.2 Å². The molecule has 15 heteroatoms. The van der Waals surface area contributed by atoms with Gasteiger partial charge < -0.3 is 4.57 Å². The van der Waals surface area contributed by atoms with E-state index in [1.54, 1.807) is 36.7 Å². The monoisotopic (exact) mass is 728 g/mol. The van der Waals surface area contributed by atoms with Gasteiger partial charge in [-0.25, -0.2) is 21.2 Å². The zero-order valence-electron chi connectivity index (χ0n) is 28.3. The summed E-state index contributed by atoms with van der Waals surface area (Å²) in [5, 5.41) is 7.37. The summed E-state index contributed by atoms with van der Waals surface area (Å²) < 4.78 is 106. The fourth-order valence-corrected chi connectivity index (χ4v) is 9.25. The topological polar surface area (TPSA) is 95.0 Å². The lowest BCUT2D eigenvalue weighted by atomic mass is 9.60. The van der Waals surface area contributed by atoms with Gasteiger partial charge in [0, 0.05) is 67.8 Å². The highest BCUT2D eigenvalue weighted by molar-refractivity contribution is 7.90. The van der Waals surface area contributed by atoms with E-state index in [9.17, 15) is 35.2 Å². The van der Waals surface area contributed by atoms with Crippen LogP contribution in [0.1, 0.15) is 60.8 Å². The fraction of sp³-hybridized carbons (Fsp3) is 0.417. The van der Waals surface area contributed by atoms with Crippen molar-refractivity contribution >= 4 is 20.9 Å². The van der Waals surface area contributed by atoms with Crippen LogP contribution in [0, 0.1) is 12.8 Å². The van der Waals surface area contributed by atoms with Gasteiger partial charge in [-0.15, -0.1) is 10.2 Å². The Morgan fingerprint density at radius 3 is 2.39 bits per heavy atom. The van der Waals surface area contributed by atoms with Gasteiger partial charge >= 0.3 is 6.18 Å². The molecule has 1 atom stereocenters. The summed E-state index contributed by atoms with van der Waals surface area (Å²) in [7, 11) is -2.90. The van der Waals surface area contributed by atoms with Gasteiger partial charge in [-0.05, 0) is 68.1 Å². The predicted molar refractivity (Wildman–Crippen MR) is 181 cm³/mol. The molecule has 0 radical (unpaired) electrons. The average molecular weight is 729 g/mol. The Morgan fingerprint density at radius 2 is 1.76 bits per heavy atom. The van der Waals surface area contributed by atoms with E-state index in [2.05, 4.69) is 17.1 Å². The SMILES string of the molecule is Cc1ccc(S(=O)(=O)n2c(CN3CCC[C@H](C)C3)cc3c(C(F)(F)F)cn(-c4cccc(C5(Cc6nncn6C)CC(F)(F)C5)c4)c(=O)c32)cc1. The number of aromatic nitrogens is 5. The van der Waals surface area contributed by atoms with Crippen molar-refractivity contribution in [1.82, 2.24) is 28.2 Å². The number of rotatable bonds is 8. The number of fused-ring (bicyclic) bond motifs is 1. The summed E-state index contributed by atoms with van der Waals surface area (Å²) in [5.41, 5.74) is -2.79. The number of alkyl halides is 5. The van der Waals surface area contributed by atoms with Crippen molar-refractivity contribution in [3.8, 4) is 5.69 Å². The Balaban J connectivity index is 1.45. The van der Waals surface area contributed by atoms with E-state index in [1.165, 1.54) is 36.7 Å². The number of halogens is 5.